The van der Waals surface area contributed by atoms with Gasteiger partial charge in [0.25, 0.3) is 0 Å². The number of hydrogen-bond donors (Lipinski definition) is 2. The van der Waals surface area contributed by atoms with Gasteiger partial charge in [0.05, 0.1) is 6.61 Å². The Morgan fingerprint density at radius 2 is 2.06 bits per heavy atom. The van der Waals surface area contributed by atoms with Gasteiger partial charge < -0.3 is 15.2 Å². The maximum Gasteiger partial charge on any atom is 0.224 e. The predicted molar refractivity (Wildman–Crippen MR) is 66.7 cm³/mol. The summed E-state index contributed by atoms with van der Waals surface area (Å²) in [6.07, 6.45) is 0.440. The van der Waals surface area contributed by atoms with E-state index in [-0.39, 0.29) is 18.4 Å². The standard InChI is InChI=1S/C13H19NO3/c1-10(9-17-2)7-13(16)14-12-5-3-11(8-15)4-6-12/h3-6,10,15H,7-9H2,1-2H3,(H,14,16). The van der Waals surface area contributed by atoms with Crippen LogP contribution in [-0.2, 0) is 16.1 Å². The van der Waals surface area contributed by atoms with Crippen LogP contribution in [0, 0.1) is 5.92 Å². The molecule has 1 atom stereocenters. The molecule has 94 valence electrons. The quantitative estimate of drug-likeness (QED) is 0.793. The first-order valence-electron chi connectivity index (χ1n) is 5.64. The van der Waals surface area contributed by atoms with Gasteiger partial charge in [-0.15, -0.1) is 0 Å². The topological polar surface area (TPSA) is 58.6 Å². The van der Waals surface area contributed by atoms with Crippen molar-refractivity contribution in [3.63, 3.8) is 0 Å². The highest BCUT2D eigenvalue weighted by atomic mass is 16.5. The molecule has 0 aromatic heterocycles. The van der Waals surface area contributed by atoms with E-state index < -0.39 is 0 Å². The number of ether oxygens (including phenoxy) is 1. The summed E-state index contributed by atoms with van der Waals surface area (Å²) in [5.41, 5.74) is 1.58. The first-order valence-corrected chi connectivity index (χ1v) is 5.64. The van der Waals surface area contributed by atoms with Crippen molar-refractivity contribution in [3.8, 4) is 0 Å². The lowest BCUT2D eigenvalue weighted by Gasteiger charge is -2.10. The molecular formula is C13H19NO3. The van der Waals surface area contributed by atoms with Crippen molar-refractivity contribution < 1.29 is 14.6 Å². The number of methoxy groups -OCH3 is 1. The van der Waals surface area contributed by atoms with E-state index in [0.717, 1.165) is 11.3 Å². The zero-order valence-corrected chi connectivity index (χ0v) is 10.3. The van der Waals surface area contributed by atoms with Crippen LogP contribution >= 0.6 is 0 Å². The van der Waals surface area contributed by atoms with Crippen molar-refractivity contribution in [2.75, 3.05) is 19.0 Å². The SMILES string of the molecule is COCC(C)CC(=O)Nc1ccc(CO)cc1. The summed E-state index contributed by atoms with van der Waals surface area (Å²) in [6.45, 7) is 2.56. The first-order chi connectivity index (χ1) is 8.15. The minimum atomic E-state index is -0.0219. The molecule has 0 aliphatic rings. The highest BCUT2D eigenvalue weighted by Crippen LogP contribution is 2.11. The molecule has 1 rings (SSSR count). The van der Waals surface area contributed by atoms with Crippen LogP contribution in [0.25, 0.3) is 0 Å². The third-order valence-corrected chi connectivity index (χ3v) is 2.41. The number of anilines is 1. The monoisotopic (exact) mass is 237 g/mol. The van der Waals surface area contributed by atoms with Crippen LogP contribution in [0.5, 0.6) is 0 Å². The molecule has 4 nitrogen and oxygen atoms in total. The molecule has 1 amide bonds. The van der Waals surface area contributed by atoms with E-state index in [2.05, 4.69) is 5.32 Å². The lowest BCUT2D eigenvalue weighted by atomic mass is 10.1. The molecule has 2 N–H and O–H groups in total. The zero-order valence-electron chi connectivity index (χ0n) is 10.3. The zero-order chi connectivity index (χ0) is 12.7. The number of carbonyl (C=O) groups excluding carboxylic acids is 1. The number of rotatable bonds is 6. The molecule has 4 heteroatoms. The van der Waals surface area contributed by atoms with Crippen LogP contribution in [0.2, 0.25) is 0 Å². The van der Waals surface area contributed by atoms with Crippen molar-refractivity contribution >= 4 is 11.6 Å². The van der Waals surface area contributed by atoms with Crippen LogP contribution in [0.3, 0.4) is 0 Å². The van der Waals surface area contributed by atoms with E-state index in [4.69, 9.17) is 9.84 Å². The predicted octanol–water partition coefficient (Wildman–Crippen LogP) is 1.79. The highest BCUT2D eigenvalue weighted by molar-refractivity contribution is 5.90. The summed E-state index contributed by atoms with van der Waals surface area (Å²) < 4.78 is 4.98. The number of benzene rings is 1. The number of nitrogens with one attached hydrogen (secondary N) is 1. The van der Waals surface area contributed by atoms with E-state index in [1.165, 1.54) is 0 Å². The van der Waals surface area contributed by atoms with Gasteiger partial charge in [0.15, 0.2) is 0 Å². The average molecular weight is 237 g/mol. The summed E-state index contributed by atoms with van der Waals surface area (Å²) in [6, 6.07) is 7.14. The number of hydrogen-bond acceptors (Lipinski definition) is 3. The Labute approximate surface area is 102 Å². The first kappa shape index (κ1) is 13.7. The van der Waals surface area contributed by atoms with Gasteiger partial charge in [-0.2, -0.15) is 0 Å². The van der Waals surface area contributed by atoms with Gasteiger partial charge in [0.2, 0.25) is 5.91 Å². The van der Waals surface area contributed by atoms with E-state index in [0.29, 0.717) is 13.0 Å². The maximum absolute atomic E-state index is 11.6. The molecule has 0 radical (unpaired) electrons. The van der Waals surface area contributed by atoms with Crippen molar-refractivity contribution in [1.29, 1.82) is 0 Å². The fourth-order valence-corrected chi connectivity index (χ4v) is 1.57. The van der Waals surface area contributed by atoms with Crippen LogP contribution < -0.4 is 5.32 Å². The fourth-order valence-electron chi connectivity index (χ4n) is 1.57. The molecule has 0 spiro atoms. The second kappa shape index (κ2) is 7.04. The van der Waals surface area contributed by atoms with Gasteiger partial charge in [-0.1, -0.05) is 19.1 Å². The van der Waals surface area contributed by atoms with Gasteiger partial charge in [-0.3, -0.25) is 4.79 Å². The Kier molecular flexibility index (Phi) is 5.66. The molecule has 0 bridgehead atoms. The Hall–Kier alpha value is -1.39. The molecule has 0 saturated heterocycles. The van der Waals surface area contributed by atoms with Gasteiger partial charge in [0.1, 0.15) is 0 Å². The molecule has 1 aromatic rings. The van der Waals surface area contributed by atoms with Crippen LogP contribution in [0.1, 0.15) is 18.9 Å². The van der Waals surface area contributed by atoms with Crippen LogP contribution in [0.4, 0.5) is 5.69 Å². The maximum atomic E-state index is 11.6. The van der Waals surface area contributed by atoms with E-state index in [9.17, 15) is 4.79 Å². The third kappa shape index (κ3) is 4.97. The third-order valence-electron chi connectivity index (χ3n) is 2.41. The molecule has 17 heavy (non-hydrogen) atoms. The van der Waals surface area contributed by atoms with Crippen molar-refractivity contribution in [1.82, 2.24) is 0 Å². The molecule has 1 aromatic carbocycles. The Morgan fingerprint density at radius 3 is 2.59 bits per heavy atom. The normalized spacial score (nSPS) is 12.2. The fraction of sp³-hybridized carbons (Fsp3) is 0.462. The molecular weight excluding hydrogens is 218 g/mol. The minimum Gasteiger partial charge on any atom is -0.392 e. The van der Waals surface area contributed by atoms with E-state index in [1.807, 2.05) is 6.92 Å². The van der Waals surface area contributed by atoms with E-state index in [1.54, 1.807) is 31.4 Å². The molecule has 0 heterocycles. The second-order valence-corrected chi connectivity index (χ2v) is 4.17. The molecule has 1 unspecified atom stereocenters. The Morgan fingerprint density at radius 1 is 1.41 bits per heavy atom. The van der Waals surface area contributed by atoms with Gasteiger partial charge in [-0.05, 0) is 23.6 Å². The largest absolute Gasteiger partial charge is 0.392 e. The number of amides is 1. The lowest BCUT2D eigenvalue weighted by molar-refractivity contribution is -0.117. The van der Waals surface area contributed by atoms with Crippen molar-refractivity contribution in [2.24, 2.45) is 5.92 Å². The Bertz CT molecular complexity index is 348. The molecule has 0 saturated carbocycles. The Balaban J connectivity index is 2.44. The summed E-state index contributed by atoms with van der Waals surface area (Å²) in [4.78, 5) is 11.6. The molecule has 0 aliphatic heterocycles. The van der Waals surface area contributed by atoms with Crippen LogP contribution in [0.15, 0.2) is 24.3 Å². The average Bonchev–Trinajstić information content (AvgIpc) is 2.30. The van der Waals surface area contributed by atoms with Gasteiger partial charge in [0, 0.05) is 25.8 Å². The summed E-state index contributed by atoms with van der Waals surface area (Å²) in [5, 5.41) is 11.7. The summed E-state index contributed by atoms with van der Waals surface area (Å²) in [7, 11) is 1.63. The van der Waals surface area contributed by atoms with Crippen molar-refractivity contribution in [3.05, 3.63) is 29.8 Å². The summed E-state index contributed by atoms with van der Waals surface area (Å²) >= 11 is 0. The van der Waals surface area contributed by atoms with Crippen LogP contribution in [-0.4, -0.2) is 24.7 Å². The number of aliphatic hydroxyl groups excluding tert-OH is 1. The number of aliphatic hydroxyl groups is 1. The highest BCUT2D eigenvalue weighted by Gasteiger charge is 2.08. The smallest absolute Gasteiger partial charge is 0.224 e. The van der Waals surface area contributed by atoms with Crippen molar-refractivity contribution in [2.45, 2.75) is 20.0 Å². The van der Waals surface area contributed by atoms with Gasteiger partial charge >= 0.3 is 0 Å². The second-order valence-electron chi connectivity index (χ2n) is 4.17. The summed E-state index contributed by atoms with van der Waals surface area (Å²) in [5.74, 6) is 0.183. The van der Waals surface area contributed by atoms with Gasteiger partial charge in [-0.25, -0.2) is 0 Å². The lowest BCUT2D eigenvalue weighted by Crippen LogP contribution is -2.17. The number of carbonyl (C=O) groups is 1. The van der Waals surface area contributed by atoms with E-state index >= 15 is 0 Å². The molecule has 0 fully saturated rings. The minimum absolute atomic E-state index is 0.0130. The molecule has 0 aliphatic carbocycles.